The number of nitriles is 1. The molecule has 1 unspecified atom stereocenters. The summed E-state index contributed by atoms with van der Waals surface area (Å²) in [7, 11) is -4.12. The van der Waals surface area contributed by atoms with Crippen LogP contribution >= 0.6 is 0 Å². The van der Waals surface area contributed by atoms with Crippen molar-refractivity contribution in [2.45, 2.75) is 12.2 Å². The summed E-state index contributed by atoms with van der Waals surface area (Å²) in [6, 6.07) is 3.83. The molecule has 1 atom stereocenters. The van der Waals surface area contributed by atoms with E-state index in [1.54, 1.807) is 0 Å². The molecule has 9 heteroatoms. The van der Waals surface area contributed by atoms with Gasteiger partial charge in [-0.3, -0.25) is 14.8 Å². The molecule has 0 aliphatic carbocycles. The molecule has 18 heavy (non-hydrogen) atoms. The van der Waals surface area contributed by atoms with E-state index in [1.807, 2.05) is 4.72 Å². The maximum Gasteiger partial charge on any atom is 0.293 e. The summed E-state index contributed by atoms with van der Waals surface area (Å²) in [5, 5.41) is 17.7. The minimum atomic E-state index is -4.12. The fourth-order valence-electron chi connectivity index (χ4n) is 1.06. The molecular formula is C9H8FN3O4S. The van der Waals surface area contributed by atoms with Crippen molar-refractivity contribution in [2.75, 3.05) is 4.72 Å². The van der Waals surface area contributed by atoms with Crippen molar-refractivity contribution in [2.24, 2.45) is 0 Å². The maximum atomic E-state index is 12.9. The molecule has 0 aliphatic heterocycles. The highest BCUT2D eigenvalue weighted by atomic mass is 32.2. The van der Waals surface area contributed by atoms with E-state index in [-0.39, 0.29) is 0 Å². The molecule has 96 valence electrons. The van der Waals surface area contributed by atoms with Crippen LogP contribution in [0.1, 0.15) is 6.92 Å². The largest absolute Gasteiger partial charge is 0.293 e. The molecule has 0 saturated carbocycles. The molecule has 0 spiro atoms. The number of nitrogens with one attached hydrogen (secondary N) is 1. The molecule has 7 nitrogen and oxygen atoms in total. The zero-order valence-corrected chi connectivity index (χ0v) is 9.94. The molecule has 0 bridgehead atoms. The lowest BCUT2D eigenvalue weighted by molar-refractivity contribution is -0.383. The third kappa shape index (κ3) is 2.92. The van der Waals surface area contributed by atoms with E-state index in [9.17, 15) is 22.9 Å². The van der Waals surface area contributed by atoms with E-state index in [1.165, 1.54) is 6.07 Å². The monoisotopic (exact) mass is 273 g/mol. The predicted octanol–water partition coefficient (Wildman–Crippen LogP) is 1.39. The quantitative estimate of drug-likeness (QED) is 0.657. The number of nitro benzene ring substituents is 1. The van der Waals surface area contributed by atoms with Crippen LogP contribution in [0.4, 0.5) is 15.8 Å². The van der Waals surface area contributed by atoms with Crippen molar-refractivity contribution < 1.29 is 17.7 Å². The summed E-state index contributed by atoms with van der Waals surface area (Å²) in [5.41, 5.74) is -1.10. The molecule has 1 N–H and O–H groups in total. The smallest absolute Gasteiger partial charge is 0.276 e. The molecule has 0 fully saturated rings. The molecule has 0 saturated heterocycles. The molecular weight excluding hydrogens is 265 g/mol. The Morgan fingerprint density at radius 2 is 2.17 bits per heavy atom. The zero-order chi connectivity index (χ0) is 13.9. The van der Waals surface area contributed by atoms with Crippen LogP contribution in [0.5, 0.6) is 0 Å². The fraction of sp³-hybridized carbons (Fsp3) is 0.222. The van der Waals surface area contributed by atoms with Gasteiger partial charge in [-0.1, -0.05) is 0 Å². The lowest BCUT2D eigenvalue weighted by Gasteiger charge is -2.09. The molecule has 1 aromatic carbocycles. The van der Waals surface area contributed by atoms with E-state index in [0.717, 1.165) is 19.1 Å². The second-order valence-corrected chi connectivity index (χ2v) is 5.34. The van der Waals surface area contributed by atoms with Gasteiger partial charge in [0.25, 0.3) is 5.69 Å². The van der Waals surface area contributed by atoms with Gasteiger partial charge in [-0.2, -0.15) is 5.26 Å². The standard InChI is InChI=1S/C9H8FN3O4S/c1-6(5-11)18(16,17)12-8-4-7(10)2-3-9(8)13(14)15/h2-4,6,12H,1H3. The number of nitrogens with zero attached hydrogens (tertiary/aromatic N) is 2. The lowest BCUT2D eigenvalue weighted by atomic mass is 10.3. The summed E-state index contributed by atoms with van der Waals surface area (Å²) in [4.78, 5) is 9.79. The van der Waals surface area contributed by atoms with Gasteiger partial charge in [-0.25, -0.2) is 12.8 Å². The van der Waals surface area contributed by atoms with Gasteiger partial charge in [0.1, 0.15) is 11.5 Å². The van der Waals surface area contributed by atoms with Crippen molar-refractivity contribution in [1.82, 2.24) is 0 Å². The van der Waals surface area contributed by atoms with E-state index in [4.69, 9.17) is 5.26 Å². The van der Waals surface area contributed by atoms with Crippen LogP contribution in [0, 0.1) is 27.3 Å². The maximum absolute atomic E-state index is 12.9. The third-order valence-electron chi connectivity index (χ3n) is 2.05. The lowest BCUT2D eigenvalue weighted by Crippen LogP contribution is -2.24. The van der Waals surface area contributed by atoms with Crippen molar-refractivity contribution in [3.05, 3.63) is 34.1 Å². The Hall–Kier alpha value is -2.21. The van der Waals surface area contributed by atoms with Crippen LogP contribution in [-0.2, 0) is 10.0 Å². The molecule has 1 aromatic rings. The van der Waals surface area contributed by atoms with Crippen LogP contribution in [0.2, 0.25) is 0 Å². The highest BCUT2D eigenvalue weighted by molar-refractivity contribution is 7.93. The van der Waals surface area contributed by atoms with Gasteiger partial charge < -0.3 is 0 Å². The molecule has 0 aliphatic rings. The van der Waals surface area contributed by atoms with Crippen molar-refractivity contribution >= 4 is 21.4 Å². The first-order chi connectivity index (χ1) is 8.27. The van der Waals surface area contributed by atoms with Gasteiger partial charge >= 0.3 is 0 Å². The van der Waals surface area contributed by atoms with Crippen LogP contribution in [0.3, 0.4) is 0 Å². The first-order valence-corrected chi connectivity index (χ1v) is 6.17. The van der Waals surface area contributed by atoms with Gasteiger partial charge in [-0.15, -0.1) is 0 Å². The average molecular weight is 273 g/mol. The summed E-state index contributed by atoms with van der Waals surface area (Å²) >= 11 is 0. The third-order valence-corrected chi connectivity index (χ3v) is 3.60. The minimum absolute atomic E-state index is 0.512. The van der Waals surface area contributed by atoms with Crippen molar-refractivity contribution in [3.63, 3.8) is 0 Å². The number of hydrogen-bond donors (Lipinski definition) is 1. The molecule has 0 heterocycles. The zero-order valence-electron chi connectivity index (χ0n) is 9.12. The summed E-state index contributed by atoms with van der Waals surface area (Å²) < 4.78 is 37.9. The summed E-state index contributed by atoms with van der Waals surface area (Å²) in [6.07, 6.45) is 0. The summed E-state index contributed by atoms with van der Waals surface area (Å²) in [5.74, 6) is -0.831. The number of benzene rings is 1. The number of sulfonamides is 1. The van der Waals surface area contributed by atoms with E-state index in [2.05, 4.69) is 0 Å². The second kappa shape index (κ2) is 4.97. The Morgan fingerprint density at radius 1 is 1.56 bits per heavy atom. The number of halogens is 1. The van der Waals surface area contributed by atoms with Crippen LogP contribution in [-0.4, -0.2) is 18.6 Å². The molecule has 0 aromatic heterocycles. The number of rotatable bonds is 4. The summed E-state index contributed by atoms with van der Waals surface area (Å²) in [6.45, 7) is 1.10. The topological polar surface area (TPSA) is 113 Å². The average Bonchev–Trinajstić information content (AvgIpc) is 2.26. The van der Waals surface area contributed by atoms with Crippen molar-refractivity contribution in [3.8, 4) is 6.07 Å². The minimum Gasteiger partial charge on any atom is -0.276 e. The number of nitro groups is 1. The van der Waals surface area contributed by atoms with Crippen LogP contribution < -0.4 is 4.72 Å². The van der Waals surface area contributed by atoms with Crippen LogP contribution in [0.15, 0.2) is 18.2 Å². The van der Waals surface area contributed by atoms with E-state index >= 15 is 0 Å². The normalized spacial score (nSPS) is 12.5. The second-order valence-electron chi connectivity index (χ2n) is 3.34. The predicted molar refractivity (Wildman–Crippen MR) is 60.7 cm³/mol. The Labute approximate surface area is 102 Å². The fourth-order valence-corrected chi connectivity index (χ4v) is 1.85. The Kier molecular flexibility index (Phi) is 3.82. The SMILES string of the molecule is CC(C#N)S(=O)(=O)Nc1cc(F)ccc1[N+](=O)[O-]. The van der Waals surface area contributed by atoms with Gasteiger partial charge in [0, 0.05) is 12.1 Å². The molecule has 1 rings (SSSR count). The van der Waals surface area contributed by atoms with E-state index < -0.39 is 37.4 Å². The van der Waals surface area contributed by atoms with E-state index in [0.29, 0.717) is 6.07 Å². The number of hydrogen-bond acceptors (Lipinski definition) is 5. The van der Waals surface area contributed by atoms with Crippen LogP contribution in [0.25, 0.3) is 0 Å². The number of anilines is 1. The van der Waals surface area contributed by atoms with Gasteiger partial charge in [0.05, 0.1) is 11.0 Å². The Balaban J connectivity index is 3.23. The molecule has 0 amide bonds. The Morgan fingerprint density at radius 3 is 2.67 bits per heavy atom. The highest BCUT2D eigenvalue weighted by Crippen LogP contribution is 2.26. The van der Waals surface area contributed by atoms with Gasteiger partial charge in [0.2, 0.25) is 10.0 Å². The van der Waals surface area contributed by atoms with Gasteiger partial charge in [0.15, 0.2) is 5.25 Å². The first-order valence-electron chi connectivity index (χ1n) is 4.63. The Bertz CT molecular complexity index is 623. The highest BCUT2D eigenvalue weighted by Gasteiger charge is 2.24. The molecule has 0 radical (unpaired) electrons. The van der Waals surface area contributed by atoms with Crippen molar-refractivity contribution in [1.29, 1.82) is 5.26 Å². The first kappa shape index (κ1) is 13.9. The van der Waals surface area contributed by atoms with Gasteiger partial charge in [-0.05, 0) is 13.0 Å².